The Hall–Kier alpha value is 0.230. The molecule has 0 spiro atoms. The molecule has 1 atom stereocenters. The first kappa shape index (κ1) is 10.3. The van der Waals surface area contributed by atoms with Gasteiger partial charge in [0.1, 0.15) is 0 Å². The van der Waals surface area contributed by atoms with Gasteiger partial charge in [-0.2, -0.15) is 0 Å². The monoisotopic (exact) mass is 192 g/mol. The predicted octanol–water partition coefficient (Wildman–Crippen LogP) is 1.82. The minimum atomic E-state index is -0.399. The van der Waals surface area contributed by atoms with Gasteiger partial charge in [0.05, 0.1) is 19.3 Å². The van der Waals surface area contributed by atoms with Crippen LogP contribution in [-0.2, 0) is 13.7 Å². The summed E-state index contributed by atoms with van der Waals surface area (Å²) in [6.45, 7) is 5.28. The van der Waals surface area contributed by atoms with E-state index in [9.17, 15) is 0 Å². The molecular formula is C8H16O3S. The normalized spacial score (nSPS) is 27.8. The van der Waals surface area contributed by atoms with Crippen LogP contribution in [0.1, 0.15) is 20.3 Å². The fourth-order valence-electron chi connectivity index (χ4n) is 1.17. The summed E-state index contributed by atoms with van der Waals surface area (Å²) >= 11 is 1.39. The second-order valence-electron chi connectivity index (χ2n) is 3.23. The molecule has 0 amide bonds. The zero-order valence-corrected chi connectivity index (χ0v) is 8.65. The van der Waals surface area contributed by atoms with Crippen molar-refractivity contribution in [3.05, 3.63) is 0 Å². The van der Waals surface area contributed by atoms with Crippen LogP contribution < -0.4 is 0 Å². The molecule has 0 saturated carbocycles. The Morgan fingerprint density at radius 2 is 2.33 bits per heavy atom. The highest BCUT2D eigenvalue weighted by Crippen LogP contribution is 2.24. The summed E-state index contributed by atoms with van der Waals surface area (Å²) in [4.78, 5) is 0. The van der Waals surface area contributed by atoms with Crippen LogP contribution in [0.3, 0.4) is 0 Å². The highest BCUT2D eigenvalue weighted by Gasteiger charge is 2.32. The zero-order chi connectivity index (χ0) is 9.03. The lowest BCUT2D eigenvalue weighted by Gasteiger charge is -2.16. The van der Waals surface area contributed by atoms with E-state index in [4.69, 9.17) is 13.7 Å². The molecule has 0 aromatic rings. The number of hydrogen-bond donors (Lipinski definition) is 0. The van der Waals surface area contributed by atoms with Crippen molar-refractivity contribution in [1.82, 2.24) is 0 Å². The van der Waals surface area contributed by atoms with Crippen LogP contribution in [0.5, 0.6) is 0 Å². The van der Waals surface area contributed by atoms with Gasteiger partial charge in [-0.3, -0.25) is 0 Å². The molecule has 0 N–H and O–H groups in total. The summed E-state index contributed by atoms with van der Waals surface area (Å²) in [6, 6.07) is 0. The Kier molecular flexibility index (Phi) is 3.83. The topological polar surface area (TPSA) is 27.7 Å². The van der Waals surface area contributed by atoms with Crippen molar-refractivity contribution in [3.63, 3.8) is 0 Å². The zero-order valence-electron chi connectivity index (χ0n) is 7.83. The van der Waals surface area contributed by atoms with E-state index in [1.165, 1.54) is 12.0 Å². The molecule has 1 aliphatic heterocycles. The molecule has 3 nitrogen and oxygen atoms in total. The molecule has 1 saturated heterocycles. The second-order valence-corrected chi connectivity index (χ2v) is 3.80. The Morgan fingerprint density at radius 3 is 2.83 bits per heavy atom. The predicted molar refractivity (Wildman–Crippen MR) is 49.0 cm³/mol. The summed E-state index contributed by atoms with van der Waals surface area (Å²) in [5.41, 5.74) is 0. The first-order chi connectivity index (χ1) is 5.64. The Morgan fingerprint density at radius 1 is 1.58 bits per heavy atom. The van der Waals surface area contributed by atoms with Gasteiger partial charge in [0.15, 0.2) is 5.79 Å². The van der Waals surface area contributed by atoms with E-state index in [0.29, 0.717) is 6.61 Å². The fraction of sp³-hybridized carbons (Fsp3) is 1.00. The van der Waals surface area contributed by atoms with Crippen LogP contribution >= 0.6 is 12.0 Å². The highest BCUT2D eigenvalue weighted by molar-refractivity contribution is 7.93. The summed E-state index contributed by atoms with van der Waals surface area (Å²) in [7, 11) is 0. The average molecular weight is 192 g/mol. The first-order valence-electron chi connectivity index (χ1n) is 4.11. The van der Waals surface area contributed by atoms with Crippen molar-refractivity contribution in [2.45, 2.75) is 32.2 Å². The summed E-state index contributed by atoms with van der Waals surface area (Å²) in [6.07, 6.45) is 3.02. The molecule has 0 radical (unpaired) electrons. The van der Waals surface area contributed by atoms with Gasteiger partial charge in [0.25, 0.3) is 0 Å². The van der Waals surface area contributed by atoms with Crippen LogP contribution in [0.2, 0.25) is 0 Å². The van der Waals surface area contributed by atoms with E-state index in [0.717, 1.165) is 13.0 Å². The van der Waals surface area contributed by atoms with Crippen molar-refractivity contribution >= 4 is 12.0 Å². The molecule has 0 bridgehead atoms. The largest absolute Gasteiger partial charge is 0.348 e. The van der Waals surface area contributed by atoms with Crippen LogP contribution in [0.15, 0.2) is 0 Å². The minimum Gasteiger partial charge on any atom is -0.348 e. The quantitative estimate of drug-likeness (QED) is 0.501. The van der Waals surface area contributed by atoms with E-state index in [1.54, 1.807) is 0 Å². The van der Waals surface area contributed by atoms with Crippen LogP contribution in [-0.4, -0.2) is 31.4 Å². The van der Waals surface area contributed by atoms with Crippen LogP contribution in [0, 0.1) is 0 Å². The smallest absolute Gasteiger partial charge is 0.163 e. The molecule has 12 heavy (non-hydrogen) atoms. The first-order valence-corrected chi connectivity index (χ1v) is 5.26. The molecular weight excluding hydrogens is 176 g/mol. The van der Waals surface area contributed by atoms with E-state index >= 15 is 0 Å². The summed E-state index contributed by atoms with van der Waals surface area (Å²) in [5, 5.41) is 0. The lowest BCUT2D eigenvalue weighted by Crippen LogP contribution is -2.21. The van der Waals surface area contributed by atoms with Gasteiger partial charge in [-0.25, -0.2) is 0 Å². The third-order valence-electron chi connectivity index (χ3n) is 1.71. The van der Waals surface area contributed by atoms with E-state index in [1.807, 2.05) is 20.1 Å². The highest BCUT2D eigenvalue weighted by atomic mass is 32.2. The molecule has 0 aliphatic carbocycles. The molecule has 1 heterocycles. The molecule has 1 fully saturated rings. The third kappa shape index (κ3) is 3.31. The summed E-state index contributed by atoms with van der Waals surface area (Å²) in [5.74, 6) is -0.399. The summed E-state index contributed by atoms with van der Waals surface area (Å²) < 4.78 is 16.1. The maximum atomic E-state index is 5.58. The number of rotatable bonds is 4. The van der Waals surface area contributed by atoms with Crippen LogP contribution in [0.25, 0.3) is 0 Å². The Labute approximate surface area is 78.0 Å². The molecule has 1 unspecified atom stereocenters. The fourth-order valence-corrected chi connectivity index (χ4v) is 1.43. The van der Waals surface area contributed by atoms with Gasteiger partial charge in [-0.1, -0.05) is 0 Å². The average Bonchev–Trinajstić information content (AvgIpc) is 2.31. The van der Waals surface area contributed by atoms with Crippen molar-refractivity contribution in [3.8, 4) is 0 Å². The number of ether oxygens (including phenoxy) is 2. The van der Waals surface area contributed by atoms with Gasteiger partial charge >= 0.3 is 0 Å². The molecule has 1 rings (SSSR count). The van der Waals surface area contributed by atoms with Crippen molar-refractivity contribution in [2.75, 3.05) is 19.5 Å². The second kappa shape index (κ2) is 4.46. The lowest BCUT2D eigenvalue weighted by atomic mass is 10.3. The van der Waals surface area contributed by atoms with Crippen molar-refractivity contribution < 1.29 is 13.7 Å². The molecule has 4 heteroatoms. The Bertz CT molecular complexity index is 138. The van der Waals surface area contributed by atoms with Gasteiger partial charge in [-0.15, -0.1) is 0 Å². The van der Waals surface area contributed by atoms with Gasteiger partial charge in [-0.05, 0) is 25.9 Å². The number of hydrogen-bond acceptors (Lipinski definition) is 4. The third-order valence-corrected chi connectivity index (χ3v) is 2.11. The van der Waals surface area contributed by atoms with Gasteiger partial charge < -0.3 is 13.7 Å². The van der Waals surface area contributed by atoms with Crippen molar-refractivity contribution in [2.24, 2.45) is 0 Å². The van der Waals surface area contributed by atoms with Crippen LogP contribution in [0.4, 0.5) is 0 Å². The molecule has 72 valence electrons. The SMILES string of the molecule is CSOCCC1COC(C)(C)O1. The standard InChI is InChI=1S/C8H16O3S/c1-8(2)9-6-7(11-8)4-5-10-12-3/h7H,4-6H2,1-3H3. The maximum absolute atomic E-state index is 5.58. The molecule has 0 aromatic carbocycles. The minimum absolute atomic E-state index is 0.201. The maximum Gasteiger partial charge on any atom is 0.163 e. The van der Waals surface area contributed by atoms with Gasteiger partial charge in [0.2, 0.25) is 0 Å². The van der Waals surface area contributed by atoms with Crippen molar-refractivity contribution in [1.29, 1.82) is 0 Å². The van der Waals surface area contributed by atoms with E-state index in [2.05, 4.69) is 0 Å². The van der Waals surface area contributed by atoms with E-state index in [-0.39, 0.29) is 6.10 Å². The van der Waals surface area contributed by atoms with E-state index < -0.39 is 5.79 Å². The lowest BCUT2D eigenvalue weighted by molar-refractivity contribution is -0.139. The molecule has 0 aromatic heterocycles. The Balaban J connectivity index is 2.11. The van der Waals surface area contributed by atoms with Gasteiger partial charge in [0, 0.05) is 12.7 Å². The molecule has 1 aliphatic rings.